The maximum atomic E-state index is 12.5. The standard InChI is InChI=1S/C20H30N2O4/c1-4-11-21-20(24)15-9-12-22(13-10-15)19(23)8-5-16-14-17(25-2)6-7-18(16)26-3/h6-7,14-15H,4-5,8-13H2,1-3H3,(H,21,24). The summed E-state index contributed by atoms with van der Waals surface area (Å²) in [7, 11) is 3.25. The van der Waals surface area contributed by atoms with Crippen molar-refractivity contribution in [2.75, 3.05) is 33.9 Å². The zero-order valence-corrected chi connectivity index (χ0v) is 16.0. The van der Waals surface area contributed by atoms with E-state index in [9.17, 15) is 9.59 Å². The van der Waals surface area contributed by atoms with E-state index in [1.54, 1.807) is 14.2 Å². The minimum atomic E-state index is 0.0316. The first-order valence-corrected chi connectivity index (χ1v) is 9.35. The highest BCUT2D eigenvalue weighted by molar-refractivity contribution is 5.80. The lowest BCUT2D eigenvalue weighted by atomic mass is 9.95. The molecule has 1 N–H and O–H groups in total. The number of amides is 2. The molecular formula is C20H30N2O4. The fourth-order valence-corrected chi connectivity index (χ4v) is 3.26. The van der Waals surface area contributed by atoms with Crippen LogP contribution in [0.15, 0.2) is 18.2 Å². The summed E-state index contributed by atoms with van der Waals surface area (Å²) in [5, 5.41) is 2.95. The summed E-state index contributed by atoms with van der Waals surface area (Å²) >= 11 is 0. The summed E-state index contributed by atoms with van der Waals surface area (Å²) in [5.41, 5.74) is 0.967. The molecule has 0 aliphatic carbocycles. The van der Waals surface area contributed by atoms with Crippen molar-refractivity contribution >= 4 is 11.8 Å². The van der Waals surface area contributed by atoms with E-state index in [0.29, 0.717) is 25.9 Å². The molecule has 0 spiro atoms. The number of ether oxygens (including phenoxy) is 2. The number of piperidine rings is 1. The van der Waals surface area contributed by atoms with Gasteiger partial charge in [-0.1, -0.05) is 6.92 Å². The zero-order chi connectivity index (χ0) is 18.9. The van der Waals surface area contributed by atoms with E-state index in [-0.39, 0.29) is 17.7 Å². The molecule has 1 fully saturated rings. The van der Waals surface area contributed by atoms with Gasteiger partial charge in [-0.3, -0.25) is 9.59 Å². The molecule has 0 atom stereocenters. The van der Waals surface area contributed by atoms with Gasteiger partial charge in [-0.2, -0.15) is 0 Å². The molecule has 144 valence electrons. The Balaban J connectivity index is 1.83. The van der Waals surface area contributed by atoms with Gasteiger partial charge in [0.2, 0.25) is 11.8 Å². The van der Waals surface area contributed by atoms with Crippen LogP contribution in [0.3, 0.4) is 0 Å². The first kappa shape index (κ1) is 20.1. The lowest BCUT2D eigenvalue weighted by Crippen LogP contribution is -2.43. The van der Waals surface area contributed by atoms with Gasteiger partial charge in [0, 0.05) is 32.0 Å². The number of nitrogens with zero attached hydrogens (tertiary/aromatic N) is 1. The Morgan fingerprint density at radius 1 is 1.19 bits per heavy atom. The lowest BCUT2D eigenvalue weighted by molar-refractivity contribution is -0.135. The third-order valence-electron chi connectivity index (χ3n) is 4.86. The second kappa shape index (κ2) is 10.0. The number of rotatable bonds is 8. The molecule has 1 aliphatic heterocycles. The monoisotopic (exact) mass is 362 g/mol. The molecule has 1 aromatic rings. The highest BCUT2D eigenvalue weighted by Crippen LogP contribution is 2.26. The number of nitrogens with one attached hydrogen (secondary N) is 1. The van der Waals surface area contributed by atoms with Gasteiger partial charge < -0.3 is 19.7 Å². The van der Waals surface area contributed by atoms with E-state index < -0.39 is 0 Å². The van der Waals surface area contributed by atoms with Gasteiger partial charge in [-0.05, 0) is 49.4 Å². The third kappa shape index (κ3) is 5.38. The highest BCUT2D eigenvalue weighted by Gasteiger charge is 2.26. The minimum absolute atomic E-state index is 0.0316. The van der Waals surface area contributed by atoms with Crippen LogP contribution in [0.2, 0.25) is 0 Å². The summed E-state index contributed by atoms with van der Waals surface area (Å²) < 4.78 is 10.6. The molecule has 0 saturated carbocycles. The fraction of sp³-hybridized carbons (Fsp3) is 0.600. The molecule has 0 unspecified atom stereocenters. The van der Waals surface area contributed by atoms with Gasteiger partial charge in [0.1, 0.15) is 11.5 Å². The van der Waals surface area contributed by atoms with Crippen LogP contribution in [-0.4, -0.2) is 50.6 Å². The predicted molar refractivity (Wildman–Crippen MR) is 100 cm³/mol. The van der Waals surface area contributed by atoms with E-state index in [0.717, 1.165) is 42.9 Å². The Labute approximate surface area is 155 Å². The third-order valence-corrected chi connectivity index (χ3v) is 4.86. The number of hydrogen-bond acceptors (Lipinski definition) is 4. The van der Waals surface area contributed by atoms with E-state index >= 15 is 0 Å². The van der Waals surface area contributed by atoms with E-state index in [1.165, 1.54) is 0 Å². The van der Waals surface area contributed by atoms with Crippen molar-refractivity contribution in [1.82, 2.24) is 10.2 Å². The average Bonchev–Trinajstić information content (AvgIpc) is 2.69. The summed E-state index contributed by atoms with van der Waals surface area (Å²) in [6, 6.07) is 5.62. The zero-order valence-electron chi connectivity index (χ0n) is 16.0. The van der Waals surface area contributed by atoms with E-state index in [4.69, 9.17) is 9.47 Å². The molecule has 26 heavy (non-hydrogen) atoms. The maximum absolute atomic E-state index is 12.5. The van der Waals surface area contributed by atoms with Crippen molar-refractivity contribution in [2.45, 2.75) is 39.0 Å². The Hall–Kier alpha value is -2.24. The van der Waals surface area contributed by atoms with Crippen LogP contribution in [0.25, 0.3) is 0 Å². The normalized spacial score (nSPS) is 14.8. The number of carbonyl (C=O) groups is 2. The first-order valence-electron chi connectivity index (χ1n) is 9.35. The molecule has 0 bridgehead atoms. The van der Waals surface area contributed by atoms with Crippen LogP contribution in [0.1, 0.15) is 38.2 Å². The summed E-state index contributed by atoms with van der Waals surface area (Å²) in [6.07, 6.45) is 3.46. The van der Waals surface area contributed by atoms with Crippen LogP contribution < -0.4 is 14.8 Å². The molecule has 6 heteroatoms. The van der Waals surface area contributed by atoms with Crippen LogP contribution in [0.4, 0.5) is 0 Å². The van der Waals surface area contributed by atoms with Crippen molar-refractivity contribution in [3.63, 3.8) is 0 Å². The minimum Gasteiger partial charge on any atom is -0.497 e. The van der Waals surface area contributed by atoms with E-state index in [2.05, 4.69) is 5.32 Å². The number of carbonyl (C=O) groups excluding carboxylic acids is 2. The lowest BCUT2D eigenvalue weighted by Gasteiger charge is -2.31. The molecule has 1 heterocycles. The van der Waals surface area contributed by atoms with Gasteiger partial charge in [-0.15, -0.1) is 0 Å². The molecule has 0 aromatic heterocycles. The molecule has 2 rings (SSSR count). The van der Waals surface area contributed by atoms with Crippen molar-refractivity contribution in [3.8, 4) is 11.5 Å². The predicted octanol–water partition coefficient (Wildman–Crippen LogP) is 2.40. The molecule has 2 amide bonds. The molecule has 0 radical (unpaired) electrons. The number of aryl methyl sites for hydroxylation is 1. The van der Waals surface area contributed by atoms with Crippen molar-refractivity contribution in [2.24, 2.45) is 5.92 Å². The smallest absolute Gasteiger partial charge is 0.223 e. The first-order chi connectivity index (χ1) is 12.6. The molecule has 1 aliphatic rings. The van der Waals surface area contributed by atoms with Crippen molar-refractivity contribution in [1.29, 1.82) is 0 Å². The number of methoxy groups -OCH3 is 2. The SMILES string of the molecule is CCCNC(=O)C1CCN(C(=O)CCc2cc(OC)ccc2OC)CC1. The van der Waals surface area contributed by atoms with Gasteiger partial charge >= 0.3 is 0 Å². The summed E-state index contributed by atoms with van der Waals surface area (Å²) in [4.78, 5) is 26.4. The van der Waals surface area contributed by atoms with Crippen molar-refractivity contribution in [3.05, 3.63) is 23.8 Å². The Morgan fingerprint density at radius 2 is 1.92 bits per heavy atom. The van der Waals surface area contributed by atoms with E-state index in [1.807, 2.05) is 30.0 Å². The molecule has 1 saturated heterocycles. The Bertz CT molecular complexity index is 610. The quantitative estimate of drug-likeness (QED) is 0.771. The van der Waals surface area contributed by atoms with Gasteiger partial charge in [-0.25, -0.2) is 0 Å². The number of likely N-dealkylation sites (tertiary alicyclic amines) is 1. The summed E-state index contributed by atoms with van der Waals surface area (Å²) in [5.74, 6) is 1.81. The summed E-state index contributed by atoms with van der Waals surface area (Å²) in [6.45, 7) is 4.07. The van der Waals surface area contributed by atoms with Gasteiger partial charge in [0.25, 0.3) is 0 Å². The van der Waals surface area contributed by atoms with Crippen LogP contribution in [0, 0.1) is 5.92 Å². The largest absolute Gasteiger partial charge is 0.497 e. The van der Waals surface area contributed by atoms with Gasteiger partial charge in [0.15, 0.2) is 0 Å². The topological polar surface area (TPSA) is 67.9 Å². The maximum Gasteiger partial charge on any atom is 0.223 e. The fourth-order valence-electron chi connectivity index (χ4n) is 3.26. The average molecular weight is 362 g/mol. The number of hydrogen-bond donors (Lipinski definition) is 1. The second-order valence-electron chi connectivity index (χ2n) is 6.62. The van der Waals surface area contributed by atoms with Crippen LogP contribution >= 0.6 is 0 Å². The Morgan fingerprint density at radius 3 is 2.54 bits per heavy atom. The molecular weight excluding hydrogens is 332 g/mol. The second-order valence-corrected chi connectivity index (χ2v) is 6.62. The highest BCUT2D eigenvalue weighted by atomic mass is 16.5. The van der Waals surface area contributed by atoms with Crippen molar-refractivity contribution < 1.29 is 19.1 Å². The van der Waals surface area contributed by atoms with Crippen LogP contribution in [-0.2, 0) is 16.0 Å². The number of benzene rings is 1. The molecule has 6 nitrogen and oxygen atoms in total. The molecule has 1 aromatic carbocycles. The van der Waals surface area contributed by atoms with Crippen LogP contribution in [0.5, 0.6) is 11.5 Å². The van der Waals surface area contributed by atoms with Gasteiger partial charge in [0.05, 0.1) is 14.2 Å². The Kier molecular flexibility index (Phi) is 7.75.